The summed E-state index contributed by atoms with van der Waals surface area (Å²) in [5.74, 6) is 0.708. The average molecular weight is 360 g/mol. The number of hydrogen-bond acceptors (Lipinski definition) is 5. The van der Waals surface area contributed by atoms with Crippen LogP contribution in [0.25, 0.3) is 0 Å². The molecule has 0 saturated heterocycles. The Hall–Kier alpha value is -1.45. The van der Waals surface area contributed by atoms with Gasteiger partial charge in [0.2, 0.25) is 10.0 Å². The fraction of sp³-hybridized carbons (Fsp3) is 0.273. The van der Waals surface area contributed by atoms with Crippen LogP contribution in [-0.2, 0) is 23.5 Å². The van der Waals surface area contributed by atoms with E-state index in [1.54, 1.807) is 30.1 Å². The molecule has 1 aromatic heterocycles. The molecule has 2 aromatic rings. The first-order chi connectivity index (χ1) is 9.40. The van der Waals surface area contributed by atoms with Gasteiger partial charge in [-0.05, 0) is 34.1 Å². The molecular formula is C11H14BrN5O2S. The Kier molecular flexibility index (Phi) is 4.41. The molecule has 108 valence electrons. The summed E-state index contributed by atoms with van der Waals surface area (Å²) in [5, 5.41) is 7.62. The molecule has 0 aliphatic rings. The molecule has 0 spiro atoms. The molecule has 1 aromatic carbocycles. The quantitative estimate of drug-likeness (QED) is 0.764. The minimum Gasteiger partial charge on any atom is -0.399 e. The van der Waals surface area contributed by atoms with Gasteiger partial charge in [0.25, 0.3) is 0 Å². The maximum atomic E-state index is 12.2. The number of nitrogens with zero attached hydrogens (tertiary/aromatic N) is 3. The van der Waals surface area contributed by atoms with Crippen molar-refractivity contribution >= 4 is 31.6 Å². The lowest BCUT2D eigenvalue weighted by molar-refractivity contribution is 0.579. The molecular weight excluding hydrogens is 346 g/mol. The number of nitrogens with one attached hydrogen (secondary N) is 1. The number of nitrogens with two attached hydrogens (primary N) is 1. The van der Waals surface area contributed by atoms with E-state index in [0.29, 0.717) is 22.4 Å². The van der Waals surface area contributed by atoms with Crippen molar-refractivity contribution in [3.63, 3.8) is 0 Å². The Morgan fingerprint density at radius 3 is 2.85 bits per heavy atom. The van der Waals surface area contributed by atoms with Gasteiger partial charge in [-0.15, -0.1) is 10.2 Å². The van der Waals surface area contributed by atoms with Gasteiger partial charge in [-0.1, -0.05) is 0 Å². The highest BCUT2D eigenvalue weighted by Crippen LogP contribution is 2.23. The summed E-state index contributed by atoms with van der Waals surface area (Å²) in [4.78, 5) is 0.121. The summed E-state index contributed by atoms with van der Waals surface area (Å²) < 4.78 is 29.1. The normalized spacial score (nSPS) is 11.7. The molecule has 0 saturated carbocycles. The lowest BCUT2D eigenvalue weighted by atomic mass is 10.3. The van der Waals surface area contributed by atoms with Crippen LogP contribution in [0.4, 0.5) is 5.69 Å². The minimum absolute atomic E-state index is 0.121. The maximum Gasteiger partial charge on any atom is 0.241 e. The summed E-state index contributed by atoms with van der Waals surface area (Å²) in [7, 11) is -1.81. The monoisotopic (exact) mass is 359 g/mol. The first kappa shape index (κ1) is 14.9. The van der Waals surface area contributed by atoms with Crippen LogP contribution in [0, 0.1) is 0 Å². The minimum atomic E-state index is -3.61. The van der Waals surface area contributed by atoms with Crippen LogP contribution in [0.1, 0.15) is 5.82 Å². The fourth-order valence-corrected chi connectivity index (χ4v) is 3.66. The molecule has 2 rings (SSSR count). The summed E-state index contributed by atoms with van der Waals surface area (Å²) in [6, 6.07) is 4.64. The Bertz CT molecular complexity index is 713. The van der Waals surface area contributed by atoms with E-state index in [2.05, 4.69) is 30.8 Å². The number of anilines is 1. The van der Waals surface area contributed by atoms with E-state index in [1.807, 2.05) is 0 Å². The van der Waals surface area contributed by atoms with Crippen LogP contribution in [0.5, 0.6) is 0 Å². The molecule has 0 amide bonds. The van der Waals surface area contributed by atoms with E-state index in [-0.39, 0.29) is 11.4 Å². The van der Waals surface area contributed by atoms with Crippen LogP contribution in [0.3, 0.4) is 0 Å². The van der Waals surface area contributed by atoms with Gasteiger partial charge in [-0.25, -0.2) is 13.1 Å². The van der Waals surface area contributed by atoms with Crippen LogP contribution in [0.2, 0.25) is 0 Å². The number of hydrogen-bond donors (Lipinski definition) is 2. The number of aromatic nitrogens is 3. The maximum absolute atomic E-state index is 12.2. The molecule has 0 radical (unpaired) electrons. The molecule has 0 unspecified atom stereocenters. The zero-order valence-corrected chi connectivity index (χ0v) is 13.1. The molecule has 0 fully saturated rings. The lowest BCUT2D eigenvalue weighted by Crippen LogP contribution is -2.27. The topological polar surface area (TPSA) is 103 Å². The van der Waals surface area contributed by atoms with Crippen molar-refractivity contribution in [2.75, 3.05) is 12.3 Å². The smallest absolute Gasteiger partial charge is 0.241 e. The SMILES string of the molecule is Cn1cnnc1CCNS(=O)(=O)c1cc(N)ccc1Br. The molecule has 9 heteroatoms. The Morgan fingerprint density at radius 2 is 2.20 bits per heavy atom. The van der Waals surface area contributed by atoms with E-state index in [9.17, 15) is 8.42 Å². The van der Waals surface area contributed by atoms with Crippen molar-refractivity contribution in [3.05, 3.63) is 34.8 Å². The van der Waals surface area contributed by atoms with Crippen LogP contribution < -0.4 is 10.5 Å². The van der Waals surface area contributed by atoms with E-state index in [4.69, 9.17) is 5.73 Å². The van der Waals surface area contributed by atoms with Gasteiger partial charge in [-0.3, -0.25) is 0 Å². The van der Waals surface area contributed by atoms with Crippen molar-refractivity contribution in [1.29, 1.82) is 0 Å². The molecule has 0 aliphatic carbocycles. The molecule has 0 atom stereocenters. The molecule has 7 nitrogen and oxygen atoms in total. The second kappa shape index (κ2) is 5.90. The van der Waals surface area contributed by atoms with Gasteiger partial charge in [0, 0.05) is 30.2 Å². The predicted molar refractivity (Wildman–Crippen MR) is 78.4 cm³/mol. The second-order valence-corrected chi connectivity index (χ2v) is 6.79. The van der Waals surface area contributed by atoms with Gasteiger partial charge in [0.15, 0.2) is 0 Å². The van der Waals surface area contributed by atoms with Gasteiger partial charge in [-0.2, -0.15) is 0 Å². The Labute approximate surface area is 125 Å². The summed E-state index contributed by atoms with van der Waals surface area (Å²) in [6.07, 6.45) is 2.02. The van der Waals surface area contributed by atoms with Crippen molar-refractivity contribution in [2.45, 2.75) is 11.3 Å². The van der Waals surface area contributed by atoms with Gasteiger partial charge >= 0.3 is 0 Å². The first-order valence-electron chi connectivity index (χ1n) is 5.78. The fourth-order valence-electron chi connectivity index (χ4n) is 1.63. The third-order valence-corrected chi connectivity index (χ3v) is 5.15. The van der Waals surface area contributed by atoms with E-state index in [0.717, 1.165) is 0 Å². The number of aryl methyl sites for hydroxylation is 1. The average Bonchev–Trinajstić information content (AvgIpc) is 2.78. The van der Waals surface area contributed by atoms with E-state index in [1.165, 1.54) is 6.07 Å². The highest BCUT2D eigenvalue weighted by Gasteiger charge is 2.17. The highest BCUT2D eigenvalue weighted by atomic mass is 79.9. The Balaban J connectivity index is 2.08. The predicted octanol–water partition coefficient (Wildman–Crippen LogP) is 0.681. The lowest BCUT2D eigenvalue weighted by Gasteiger charge is -2.09. The van der Waals surface area contributed by atoms with E-state index >= 15 is 0 Å². The molecule has 0 bridgehead atoms. The number of nitrogen functional groups attached to an aromatic ring is 1. The third kappa shape index (κ3) is 3.35. The summed E-state index contributed by atoms with van der Waals surface area (Å²) in [5.41, 5.74) is 6.01. The zero-order valence-electron chi connectivity index (χ0n) is 10.7. The van der Waals surface area contributed by atoms with Crippen LogP contribution >= 0.6 is 15.9 Å². The van der Waals surface area contributed by atoms with Crippen molar-refractivity contribution in [3.8, 4) is 0 Å². The number of rotatable bonds is 5. The molecule has 20 heavy (non-hydrogen) atoms. The summed E-state index contributed by atoms with van der Waals surface area (Å²) >= 11 is 3.21. The number of benzene rings is 1. The van der Waals surface area contributed by atoms with Crippen molar-refractivity contribution in [1.82, 2.24) is 19.5 Å². The number of halogens is 1. The summed E-state index contributed by atoms with van der Waals surface area (Å²) in [6.45, 7) is 0.232. The first-order valence-corrected chi connectivity index (χ1v) is 8.05. The second-order valence-electron chi connectivity index (χ2n) is 4.20. The molecule has 3 N–H and O–H groups in total. The van der Waals surface area contributed by atoms with Crippen LogP contribution in [-0.4, -0.2) is 29.7 Å². The molecule has 0 aliphatic heterocycles. The zero-order chi connectivity index (χ0) is 14.8. The van der Waals surface area contributed by atoms with E-state index < -0.39 is 10.0 Å². The highest BCUT2D eigenvalue weighted by molar-refractivity contribution is 9.10. The van der Waals surface area contributed by atoms with Crippen molar-refractivity contribution in [2.24, 2.45) is 7.05 Å². The largest absolute Gasteiger partial charge is 0.399 e. The molecule has 1 heterocycles. The number of sulfonamides is 1. The van der Waals surface area contributed by atoms with Gasteiger partial charge in [0.05, 0.1) is 4.90 Å². The standard InChI is InChI=1S/C11H14BrN5O2S/c1-17-7-14-16-11(17)4-5-15-20(18,19)10-6-8(13)2-3-9(10)12/h2-3,6-7,15H,4-5,13H2,1H3. The third-order valence-electron chi connectivity index (χ3n) is 2.69. The Morgan fingerprint density at radius 1 is 1.45 bits per heavy atom. The van der Waals surface area contributed by atoms with Gasteiger partial charge in [0.1, 0.15) is 12.2 Å². The van der Waals surface area contributed by atoms with Crippen LogP contribution in [0.15, 0.2) is 33.9 Å². The van der Waals surface area contributed by atoms with Gasteiger partial charge < -0.3 is 10.3 Å². The van der Waals surface area contributed by atoms with Crippen molar-refractivity contribution < 1.29 is 8.42 Å².